The minimum Gasteiger partial charge on any atom is -0.350 e. The number of rotatable bonds is 9. The molecule has 1 aromatic carbocycles. The number of halogens is 1. The third kappa shape index (κ3) is 6.16. The quantitative estimate of drug-likeness (QED) is 0.734. The predicted octanol–water partition coefficient (Wildman–Crippen LogP) is 3.46. The van der Waals surface area contributed by atoms with Crippen molar-refractivity contribution in [1.82, 2.24) is 15.2 Å². The molecule has 2 rings (SSSR count). The summed E-state index contributed by atoms with van der Waals surface area (Å²) < 4.78 is 12.9. The second-order valence-corrected chi connectivity index (χ2v) is 6.33. The summed E-state index contributed by atoms with van der Waals surface area (Å²) in [6.07, 6.45) is 2.33. The van der Waals surface area contributed by atoms with E-state index in [1.807, 2.05) is 13.8 Å². The van der Waals surface area contributed by atoms with Gasteiger partial charge in [-0.15, -0.1) is 0 Å². The maximum absolute atomic E-state index is 12.9. The van der Waals surface area contributed by atoms with Gasteiger partial charge in [0.25, 0.3) is 11.8 Å². The molecule has 0 bridgehead atoms. The normalized spacial score (nSPS) is 10.5. The average molecular weight is 371 g/mol. The first-order valence-electron chi connectivity index (χ1n) is 9.34. The Bertz CT molecular complexity index is 756. The van der Waals surface area contributed by atoms with Crippen LogP contribution in [0.5, 0.6) is 0 Å². The van der Waals surface area contributed by atoms with Crippen molar-refractivity contribution >= 4 is 11.8 Å². The van der Waals surface area contributed by atoms with E-state index in [4.69, 9.17) is 0 Å². The summed E-state index contributed by atoms with van der Waals surface area (Å²) in [5.41, 5.74) is 1.43. The van der Waals surface area contributed by atoms with Crippen molar-refractivity contribution in [2.24, 2.45) is 0 Å². The molecule has 1 heterocycles. The van der Waals surface area contributed by atoms with Gasteiger partial charge in [-0.2, -0.15) is 0 Å². The number of benzene rings is 1. The second kappa shape index (κ2) is 10.4. The number of amides is 2. The highest BCUT2D eigenvalue weighted by Gasteiger charge is 2.17. The van der Waals surface area contributed by atoms with Gasteiger partial charge in [0, 0.05) is 19.6 Å². The number of carbonyl (C=O) groups excluding carboxylic acids is 2. The molecule has 2 amide bonds. The molecule has 27 heavy (non-hydrogen) atoms. The minimum atomic E-state index is -0.329. The van der Waals surface area contributed by atoms with Crippen molar-refractivity contribution in [1.29, 1.82) is 0 Å². The van der Waals surface area contributed by atoms with Gasteiger partial charge < -0.3 is 10.2 Å². The van der Waals surface area contributed by atoms with Gasteiger partial charge in [0.1, 0.15) is 17.2 Å². The van der Waals surface area contributed by atoms with E-state index in [-0.39, 0.29) is 29.0 Å². The van der Waals surface area contributed by atoms with Crippen LogP contribution in [0.25, 0.3) is 0 Å². The van der Waals surface area contributed by atoms with Crippen LogP contribution >= 0.6 is 0 Å². The second-order valence-electron chi connectivity index (χ2n) is 6.33. The summed E-state index contributed by atoms with van der Waals surface area (Å²) in [6.45, 7) is 5.79. The van der Waals surface area contributed by atoms with Crippen LogP contribution in [0.15, 0.2) is 42.5 Å². The molecule has 0 saturated carbocycles. The molecule has 144 valence electrons. The Kier molecular flexibility index (Phi) is 7.92. The zero-order chi connectivity index (χ0) is 19.6. The Hall–Kier alpha value is -2.76. The average Bonchev–Trinajstić information content (AvgIpc) is 2.69. The first-order chi connectivity index (χ1) is 13.0. The number of hydrogen-bond acceptors (Lipinski definition) is 3. The Balaban J connectivity index is 1.97. The first kappa shape index (κ1) is 20.6. The van der Waals surface area contributed by atoms with E-state index in [1.54, 1.807) is 35.2 Å². The van der Waals surface area contributed by atoms with E-state index in [9.17, 15) is 14.0 Å². The highest BCUT2D eigenvalue weighted by Crippen LogP contribution is 2.07. The van der Waals surface area contributed by atoms with Gasteiger partial charge in [-0.05, 0) is 49.1 Å². The van der Waals surface area contributed by atoms with Crippen LogP contribution in [0.1, 0.15) is 53.2 Å². The molecule has 6 heteroatoms. The lowest BCUT2D eigenvalue weighted by molar-refractivity contribution is 0.0749. The van der Waals surface area contributed by atoms with Crippen LogP contribution in [0, 0.1) is 5.82 Å². The number of aromatic nitrogens is 1. The predicted molar refractivity (Wildman–Crippen MR) is 103 cm³/mol. The number of pyridine rings is 1. The lowest BCUT2D eigenvalue weighted by Gasteiger charge is -2.21. The maximum atomic E-state index is 12.9. The minimum absolute atomic E-state index is 0.153. The van der Waals surface area contributed by atoms with E-state index < -0.39 is 0 Å². The van der Waals surface area contributed by atoms with Crippen LogP contribution in [0.2, 0.25) is 0 Å². The summed E-state index contributed by atoms with van der Waals surface area (Å²) in [5, 5.41) is 2.79. The van der Waals surface area contributed by atoms with Gasteiger partial charge in [-0.25, -0.2) is 9.37 Å². The monoisotopic (exact) mass is 371 g/mol. The van der Waals surface area contributed by atoms with E-state index >= 15 is 0 Å². The maximum Gasteiger partial charge on any atom is 0.272 e. The molecule has 0 saturated heterocycles. The molecule has 1 aromatic heterocycles. The summed E-state index contributed by atoms with van der Waals surface area (Å²) in [5.74, 6) is -0.766. The van der Waals surface area contributed by atoms with Crippen molar-refractivity contribution in [3.8, 4) is 0 Å². The Morgan fingerprint density at radius 1 is 1.00 bits per heavy atom. The molecular formula is C21H26FN3O2. The molecule has 0 unspecified atom stereocenters. The number of carbonyl (C=O) groups is 2. The van der Waals surface area contributed by atoms with Crippen molar-refractivity contribution in [2.45, 2.75) is 33.1 Å². The third-order valence-corrected chi connectivity index (χ3v) is 4.09. The lowest BCUT2D eigenvalue weighted by atomic mass is 10.1. The molecule has 5 nitrogen and oxygen atoms in total. The zero-order valence-corrected chi connectivity index (χ0v) is 15.9. The van der Waals surface area contributed by atoms with Crippen molar-refractivity contribution in [3.05, 3.63) is 65.2 Å². The molecule has 1 N–H and O–H groups in total. The topological polar surface area (TPSA) is 62.3 Å². The SMILES string of the molecule is CCCN(CCC)C(=O)c1cccc(C(=O)NCCc2ccc(F)cc2)n1. The first-order valence-corrected chi connectivity index (χ1v) is 9.34. The lowest BCUT2D eigenvalue weighted by Crippen LogP contribution is -2.34. The van der Waals surface area contributed by atoms with Crippen molar-refractivity contribution in [3.63, 3.8) is 0 Å². The van der Waals surface area contributed by atoms with Crippen LogP contribution in [0.4, 0.5) is 4.39 Å². The van der Waals surface area contributed by atoms with Crippen LogP contribution in [0.3, 0.4) is 0 Å². The van der Waals surface area contributed by atoms with Gasteiger partial charge >= 0.3 is 0 Å². The van der Waals surface area contributed by atoms with Crippen LogP contribution in [-0.4, -0.2) is 41.3 Å². The molecule has 0 radical (unpaired) electrons. The van der Waals surface area contributed by atoms with E-state index in [0.29, 0.717) is 26.1 Å². The molecule has 0 aliphatic rings. The van der Waals surface area contributed by atoms with Crippen LogP contribution < -0.4 is 5.32 Å². The van der Waals surface area contributed by atoms with Crippen molar-refractivity contribution < 1.29 is 14.0 Å². The van der Waals surface area contributed by atoms with E-state index in [2.05, 4.69) is 10.3 Å². The van der Waals surface area contributed by atoms with Gasteiger partial charge in [-0.3, -0.25) is 9.59 Å². The number of nitrogens with zero attached hydrogens (tertiary/aromatic N) is 2. The van der Waals surface area contributed by atoms with Gasteiger partial charge in [0.05, 0.1) is 0 Å². The highest BCUT2D eigenvalue weighted by molar-refractivity contribution is 5.96. The fourth-order valence-electron chi connectivity index (χ4n) is 2.76. The number of hydrogen-bond donors (Lipinski definition) is 1. The molecule has 2 aromatic rings. The molecule has 0 spiro atoms. The molecule has 0 fully saturated rings. The largest absolute Gasteiger partial charge is 0.350 e. The molecule has 0 aliphatic carbocycles. The van der Waals surface area contributed by atoms with Gasteiger partial charge in [-0.1, -0.05) is 32.0 Å². The van der Waals surface area contributed by atoms with Crippen LogP contribution in [-0.2, 0) is 6.42 Å². The van der Waals surface area contributed by atoms with Gasteiger partial charge in [0.15, 0.2) is 0 Å². The summed E-state index contributed by atoms with van der Waals surface area (Å²) in [4.78, 5) is 31.0. The third-order valence-electron chi connectivity index (χ3n) is 4.09. The standard InChI is InChI=1S/C21H26FN3O2/c1-3-14-25(15-4-2)21(27)19-7-5-6-18(24-19)20(26)23-13-12-16-8-10-17(22)11-9-16/h5-11H,3-4,12-15H2,1-2H3,(H,23,26). The summed E-state index contributed by atoms with van der Waals surface area (Å²) >= 11 is 0. The summed E-state index contributed by atoms with van der Waals surface area (Å²) in [7, 11) is 0. The summed E-state index contributed by atoms with van der Waals surface area (Å²) in [6, 6.07) is 11.1. The van der Waals surface area contributed by atoms with Crippen molar-refractivity contribution in [2.75, 3.05) is 19.6 Å². The smallest absolute Gasteiger partial charge is 0.272 e. The molecule has 0 aliphatic heterocycles. The highest BCUT2D eigenvalue weighted by atomic mass is 19.1. The fourth-order valence-corrected chi connectivity index (χ4v) is 2.76. The molecular weight excluding hydrogens is 345 g/mol. The fraction of sp³-hybridized carbons (Fsp3) is 0.381. The Labute approximate surface area is 159 Å². The Morgan fingerprint density at radius 3 is 2.26 bits per heavy atom. The van der Waals surface area contributed by atoms with Gasteiger partial charge in [0.2, 0.25) is 0 Å². The van der Waals surface area contributed by atoms with E-state index in [1.165, 1.54) is 12.1 Å². The Morgan fingerprint density at radius 2 is 1.63 bits per heavy atom. The van der Waals surface area contributed by atoms with E-state index in [0.717, 1.165) is 18.4 Å². The zero-order valence-electron chi connectivity index (χ0n) is 15.9. The number of nitrogens with one attached hydrogen (secondary N) is 1. The molecule has 0 atom stereocenters.